The number of hydrogen-bond donors (Lipinski definition) is 1. The average Bonchev–Trinajstić information content (AvgIpc) is 2.68. The first-order valence-corrected chi connectivity index (χ1v) is 9.28. The van der Waals surface area contributed by atoms with Gasteiger partial charge in [-0.3, -0.25) is 5.32 Å². The third-order valence-corrected chi connectivity index (χ3v) is 4.49. The van der Waals surface area contributed by atoms with Crippen LogP contribution in [-0.4, -0.2) is 49.6 Å². The molecule has 1 unspecified atom stereocenters. The zero-order valence-corrected chi connectivity index (χ0v) is 15.8. The van der Waals surface area contributed by atoms with Crippen LogP contribution in [0.15, 0.2) is 34.5 Å². The van der Waals surface area contributed by atoms with Crippen LogP contribution in [0.3, 0.4) is 0 Å². The molecule has 0 bridgehead atoms. The highest BCUT2D eigenvalue weighted by Gasteiger charge is 2.25. The number of thioether (sulfide) groups is 1. The lowest BCUT2D eigenvalue weighted by Gasteiger charge is -2.31. The van der Waals surface area contributed by atoms with Crippen molar-refractivity contribution < 1.29 is 18.3 Å². The van der Waals surface area contributed by atoms with E-state index in [1.807, 2.05) is 6.26 Å². The van der Waals surface area contributed by atoms with Crippen LogP contribution in [0, 0.1) is 11.6 Å². The lowest BCUT2D eigenvalue weighted by atomic mass is 10.2. The zero-order valence-electron chi connectivity index (χ0n) is 15.0. The first-order chi connectivity index (χ1) is 13.1. The summed E-state index contributed by atoms with van der Waals surface area (Å²) in [4.78, 5) is 14.4. The van der Waals surface area contributed by atoms with Gasteiger partial charge in [0.05, 0.1) is 11.8 Å². The van der Waals surface area contributed by atoms with Crippen molar-refractivity contribution in [2.24, 2.45) is 4.99 Å². The first kappa shape index (κ1) is 19.6. The van der Waals surface area contributed by atoms with E-state index in [9.17, 15) is 8.78 Å². The molecule has 1 aromatic carbocycles. The summed E-state index contributed by atoms with van der Waals surface area (Å²) in [5.41, 5.74) is 0.218. The fourth-order valence-electron chi connectivity index (χ4n) is 2.59. The molecule has 2 heterocycles. The summed E-state index contributed by atoms with van der Waals surface area (Å²) in [6, 6.07) is 3.70. The maximum absolute atomic E-state index is 14.4. The Hall–Kier alpha value is -2.14. The van der Waals surface area contributed by atoms with Gasteiger partial charge in [-0.15, -0.1) is 0 Å². The quantitative estimate of drug-likeness (QED) is 0.423. The van der Waals surface area contributed by atoms with Gasteiger partial charge < -0.3 is 14.4 Å². The largest absolute Gasteiger partial charge is 0.355 e. The van der Waals surface area contributed by atoms with Crippen molar-refractivity contribution in [2.75, 3.05) is 31.9 Å². The molecule has 2 aromatic rings. The molecule has 0 fully saturated rings. The number of halogens is 2. The molecule has 1 atom stereocenters. The molecule has 0 radical (unpaired) electrons. The zero-order chi connectivity index (χ0) is 19.4. The van der Waals surface area contributed by atoms with Gasteiger partial charge in [-0.1, -0.05) is 17.8 Å². The van der Waals surface area contributed by atoms with Gasteiger partial charge in [0.2, 0.25) is 0 Å². The minimum Gasteiger partial charge on any atom is -0.355 e. The van der Waals surface area contributed by atoms with Gasteiger partial charge in [0.25, 0.3) is 0 Å². The second-order valence-electron chi connectivity index (χ2n) is 5.55. The van der Waals surface area contributed by atoms with Gasteiger partial charge in [-0.05, 0) is 18.4 Å². The number of nitrogens with one attached hydrogen (secondary N) is 1. The van der Waals surface area contributed by atoms with Gasteiger partial charge in [-0.25, -0.2) is 23.7 Å². The summed E-state index contributed by atoms with van der Waals surface area (Å²) in [6.07, 6.45) is 3.65. The molecule has 1 N–H and O–H groups in total. The van der Waals surface area contributed by atoms with Crippen molar-refractivity contribution in [3.8, 4) is 0 Å². The number of methoxy groups -OCH3 is 2. The van der Waals surface area contributed by atoms with Crippen LogP contribution in [0.1, 0.15) is 0 Å². The highest BCUT2D eigenvalue weighted by Crippen LogP contribution is 2.25. The highest BCUT2D eigenvalue weighted by molar-refractivity contribution is 7.98. The molecule has 0 amide bonds. The monoisotopic (exact) mass is 395 g/mol. The first-order valence-electron chi connectivity index (χ1n) is 8.05. The van der Waals surface area contributed by atoms with Crippen molar-refractivity contribution in [1.29, 1.82) is 0 Å². The summed E-state index contributed by atoms with van der Waals surface area (Å²) < 4.78 is 39.1. The average molecular weight is 395 g/mol. The highest BCUT2D eigenvalue weighted by atomic mass is 32.2. The van der Waals surface area contributed by atoms with E-state index in [4.69, 9.17) is 9.47 Å². The number of fused-ring (bicyclic) bond motifs is 1. The van der Waals surface area contributed by atoms with Crippen LogP contribution in [-0.2, 0) is 9.47 Å². The van der Waals surface area contributed by atoms with Crippen LogP contribution < -0.4 is 20.9 Å². The summed E-state index contributed by atoms with van der Waals surface area (Å²) in [7, 11) is 3.00. The second-order valence-corrected chi connectivity index (χ2v) is 6.33. The number of rotatable bonds is 7. The maximum atomic E-state index is 14.4. The molecule has 7 nitrogen and oxygen atoms in total. The number of aromatic nitrogens is 2. The Bertz CT molecular complexity index is 906. The number of nitrogens with zero attached hydrogens (tertiary/aromatic N) is 4. The number of ether oxygens (including phenoxy) is 2. The molecule has 1 aliphatic rings. The summed E-state index contributed by atoms with van der Waals surface area (Å²) in [5.74, 6) is -1.40. The van der Waals surface area contributed by atoms with Crippen molar-refractivity contribution >= 4 is 23.6 Å². The summed E-state index contributed by atoms with van der Waals surface area (Å²) in [6.45, 7) is 0.247. The van der Waals surface area contributed by atoms with E-state index in [1.54, 1.807) is 12.4 Å². The van der Waals surface area contributed by atoms with E-state index in [-0.39, 0.29) is 12.2 Å². The standard InChI is InChI=1S/C17H19F2N5O2S/c1-25-13(26-2)8-20-16-22-15-10(7-21-17(23-15)27-3)9-24(16)14-11(18)5-4-6-12(14)19/h4-7,9,13,16,20H,8H2,1-3H3. The SMILES string of the molecule is COC(CNC1N=c2nc(SC)ncc2=CN1c1c(F)cccc1F)OC. The third-order valence-electron chi connectivity index (χ3n) is 3.93. The van der Waals surface area contributed by atoms with Crippen molar-refractivity contribution in [1.82, 2.24) is 15.3 Å². The van der Waals surface area contributed by atoms with Gasteiger partial charge in [0, 0.05) is 26.6 Å². The fraction of sp³-hybridized carbons (Fsp3) is 0.353. The normalized spacial score (nSPS) is 16.1. The summed E-state index contributed by atoms with van der Waals surface area (Å²) in [5, 5.41) is 4.20. The minimum absolute atomic E-state index is 0.218. The predicted octanol–water partition coefficient (Wildman–Crippen LogP) is 0.847. The van der Waals surface area contributed by atoms with Crippen LogP contribution in [0.4, 0.5) is 14.5 Å². The minimum atomic E-state index is -0.804. The molecule has 0 aliphatic carbocycles. The molecule has 144 valence electrons. The molecule has 0 saturated carbocycles. The van der Waals surface area contributed by atoms with Gasteiger partial charge in [-0.2, -0.15) is 0 Å². The van der Waals surface area contributed by atoms with E-state index in [0.29, 0.717) is 15.9 Å². The molecule has 1 aliphatic heterocycles. The molecule has 10 heteroatoms. The topological polar surface area (TPSA) is 71.9 Å². The smallest absolute Gasteiger partial charge is 0.189 e. The van der Waals surface area contributed by atoms with Gasteiger partial charge in [0.1, 0.15) is 17.3 Å². The van der Waals surface area contributed by atoms with E-state index in [2.05, 4.69) is 20.3 Å². The third kappa shape index (κ3) is 4.24. The van der Waals surface area contributed by atoms with Crippen LogP contribution in [0.2, 0.25) is 0 Å². The van der Waals surface area contributed by atoms with Crippen LogP contribution in [0.25, 0.3) is 6.20 Å². The summed E-state index contributed by atoms with van der Waals surface area (Å²) >= 11 is 1.38. The molecular weight excluding hydrogens is 376 g/mol. The molecule has 0 spiro atoms. The molecule has 27 heavy (non-hydrogen) atoms. The van der Waals surface area contributed by atoms with Crippen molar-refractivity contribution in [3.63, 3.8) is 0 Å². The van der Waals surface area contributed by atoms with E-state index >= 15 is 0 Å². The van der Waals surface area contributed by atoms with Crippen molar-refractivity contribution in [2.45, 2.75) is 17.7 Å². The lowest BCUT2D eigenvalue weighted by Crippen LogP contribution is -2.52. The Morgan fingerprint density at radius 1 is 1.26 bits per heavy atom. The Morgan fingerprint density at radius 2 is 1.96 bits per heavy atom. The Kier molecular flexibility index (Phi) is 6.32. The maximum Gasteiger partial charge on any atom is 0.189 e. The van der Waals surface area contributed by atoms with Crippen molar-refractivity contribution in [3.05, 3.63) is 46.7 Å². The Balaban J connectivity index is 2.05. The number of anilines is 1. The lowest BCUT2D eigenvalue weighted by molar-refractivity contribution is -0.0997. The number of benzene rings is 1. The van der Waals surface area contributed by atoms with E-state index in [1.165, 1.54) is 49.1 Å². The Morgan fingerprint density at radius 3 is 2.59 bits per heavy atom. The van der Waals surface area contributed by atoms with E-state index in [0.717, 1.165) is 0 Å². The number of hydrogen-bond acceptors (Lipinski definition) is 8. The Labute approximate surface area is 159 Å². The number of para-hydroxylation sites is 1. The molecule has 0 saturated heterocycles. The molecule has 3 rings (SSSR count). The molecular formula is C17H19F2N5O2S. The predicted molar refractivity (Wildman–Crippen MR) is 97.5 cm³/mol. The molecule has 1 aromatic heterocycles. The van der Waals surface area contributed by atoms with Crippen LogP contribution in [0.5, 0.6) is 0 Å². The van der Waals surface area contributed by atoms with E-state index < -0.39 is 24.2 Å². The van der Waals surface area contributed by atoms with Gasteiger partial charge >= 0.3 is 0 Å². The van der Waals surface area contributed by atoms with Crippen LogP contribution >= 0.6 is 11.8 Å². The fourth-order valence-corrected chi connectivity index (χ4v) is 2.92. The van der Waals surface area contributed by atoms with Gasteiger partial charge in [0.15, 0.2) is 23.2 Å². The second kappa shape index (κ2) is 8.70.